The van der Waals surface area contributed by atoms with E-state index in [4.69, 9.17) is 26.5 Å². The van der Waals surface area contributed by atoms with E-state index in [2.05, 4.69) is 0 Å². The highest BCUT2D eigenvalue weighted by molar-refractivity contribution is 6.31. The fourth-order valence-corrected chi connectivity index (χ4v) is 4.85. The van der Waals surface area contributed by atoms with Gasteiger partial charge in [-0.2, -0.15) is 5.10 Å². The molecule has 0 bridgehead atoms. The van der Waals surface area contributed by atoms with Gasteiger partial charge in [0.25, 0.3) is 0 Å². The van der Waals surface area contributed by atoms with Crippen molar-refractivity contribution < 1.29 is 19.0 Å². The highest BCUT2D eigenvalue weighted by atomic mass is 35.5. The molecule has 3 aromatic rings. The Balaban J connectivity index is 1.56. The first-order chi connectivity index (χ1) is 15.9. The lowest BCUT2D eigenvalue weighted by Crippen LogP contribution is -2.23. The van der Waals surface area contributed by atoms with Crippen molar-refractivity contribution in [1.29, 1.82) is 0 Å². The summed E-state index contributed by atoms with van der Waals surface area (Å²) < 4.78 is 22.3. The lowest BCUT2D eigenvalue weighted by Gasteiger charge is -2.28. The second-order valence-corrected chi connectivity index (χ2v) is 9.16. The third kappa shape index (κ3) is 5.45. The van der Waals surface area contributed by atoms with E-state index in [-0.39, 0.29) is 11.6 Å². The fourth-order valence-electron chi connectivity index (χ4n) is 4.68. The Bertz CT molecular complexity index is 1110. The van der Waals surface area contributed by atoms with Crippen LogP contribution in [0.2, 0.25) is 5.02 Å². The summed E-state index contributed by atoms with van der Waals surface area (Å²) in [5.41, 5.74) is 3.85. The Labute approximate surface area is 198 Å². The van der Waals surface area contributed by atoms with E-state index in [1.165, 1.54) is 0 Å². The van der Waals surface area contributed by atoms with E-state index < -0.39 is 11.8 Å². The molecule has 0 atom stereocenters. The first kappa shape index (κ1) is 23.5. The number of benzene rings is 2. The molecule has 2 aromatic carbocycles. The van der Waals surface area contributed by atoms with Crippen LogP contribution in [0.15, 0.2) is 48.5 Å². The van der Waals surface area contributed by atoms with Crippen molar-refractivity contribution in [3.8, 4) is 22.4 Å². The molecule has 1 aliphatic carbocycles. The third-order valence-electron chi connectivity index (χ3n) is 6.45. The van der Waals surface area contributed by atoms with Gasteiger partial charge in [0.1, 0.15) is 18.1 Å². The molecule has 1 aromatic heterocycles. The molecule has 0 amide bonds. The molecule has 7 heteroatoms. The number of aliphatic carboxylic acids is 1. The van der Waals surface area contributed by atoms with Gasteiger partial charge in [0.05, 0.1) is 11.6 Å². The lowest BCUT2D eigenvalue weighted by molar-refractivity contribution is -0.142. The van der Waals surface area contributed by atoms with Gasteiger partial charge in [0, 0.05) is 28.9 Å². The van der Waals surface area contributed by atoms with Crippen molar-refractivity contribution in [2.24, 2.45) is 11.8 Å². The number of ether oxygens (including phenoxy) is 1. The van der Waals surface area contributed by atoms with E-state index in [0.717, 1.165) is 54.7 Å². The first-order valence-electron chi connectivity index (χ1n) is 11.3. The smallest absolute Gasteiger partial charge is 0.329 e. The molecule has 33 heavy (non-hydrogen) atoms. The summed E-state index contributed by atoms with van der Waals surface area (Å²) in [7, 11) is 0. The Morgan fingerprint density at radius 1 is 1.12 bits per heavy atom. The van der Waals surface area contributed by atoms with Crippen molar-refractivity contribution in [2.45, 2.75) is 39.2 Å². The quantitative estimate of drug-likeness (QED) is 0.424. The minimum Gasteiger partial charge on any atom is -0.480 e. The van der Waals surface area contributed by atoms with Crippen LogP contribution in [-0.2, 0) is 16.1 Å². The normalized spacial score (nSPS) is 18.4. The molecule has 1 heterocycles. The number of nitrogens with zero attached hydrogens (tertiary/aromatic N) is 2. The van der Waals surface area contributed by atoms with Gasteiger partial charge in [0.15, 0.2) is 0 Å². The molecule has 1 saturated carbocycles. The SMILES string of the molecule is Cc1c(-c2cccc(Cl)c2F)c(-c2ccccc2)nn1CC1CCC(COCC(=O)O)CC1. The topological polar surface area (TPSA) is 64.4 Å². The summed E-state index contributed by atoms with van der Waals surface area (Å²) in [6.45, 7) is 3.00. The van der Waals surface area contributed by atoms with Gasteiger partial charge in [-0.05, 0) is 50.5 Å². The van der Waals surface area contributed by atoms with Crippen LogP contribution in [0.3, 0.4) is 0 Å². The van der Waals surface area contributed by atoms with Crippen molar-refractivity contribution in [2.75, 3.05) is 13.2 Å². The van der Waals surface area contributed by atoms with E-state index >= 15 is 4.39 Å². The number of carboxylic acid groups (broad SMARTS) is 1. The molecule has 0 radical (unpaired) electrons. The zero-order chi connectivity index (χ0) is 23.4. The molecule has 5 nitrogen and oxygen atoms in total. The largest absolute Gasteiger partial charge is 0.480 e. The van der Waals surface area contributed by atoms with E-state index in [1.807, 2.05) is 41.9 Å². The molecule has 0 aliphatic heterocycles. The van der Waals surface area contributed by atoms with E-state index in [9.17, 15) is 4.79 Å². The summed E-state index contributed by atoms with van der Waals surface area (Å²) >= 11 is 6.10. The van der Waals surface area contributed by atoms with Crippen molar-refractivity contribution in [3.05, 3.63) is 65.1 Å². The Kier molecular flexibility index (Phi) is 7.46. The van der Waals surface area contributed by atoms with Gasteiger partial charge in [-0.15, -0.1) is 0 Å². The number of carboxylic acids is 1. The van der Waals surface area contributed by atoms with Gasteiger partial charge in [-0.25, -0.2) is 9.18 Å². The summed E-state index contributed by atoms with van der Waals surface area (Å²) in [6, 6.07) is 14.9. The van der Waals surface area contributed by atoms with Gasteiger partial charge < -0.3 is 9.84 Å². The van der Waals surface area contributed by atoms with Gasteiger partial charge in [0.2, 0.25) is 0 Å². The number of hydrogen-bond donors (Lipinski definition) is 1. The third-order valence-corrected chi connectivity index (χ3v) is 6.74. The van der Waals surface area contributed by atoms with Crippen LogP contribution in [0.1, 0.15) is 31.4 Å². The number of carbonyl (C=O) groups is 1. The summed E-state index contributed by atoms with van der Waals surface area (Å²) in [6.07, 6.45) is 4.07. The number of rotatable bonds is 8. The maximum atomic E-state index is 15.0. The second-order valence-electron chi connectivity index (χ2n) is 8.75. The van der Waals surface area contributed by atoms with Crippen LogP contribution in [-0.4, -0.2) is 34.1 Å². The van der Waals surface area contributed by atoms with Gasteiger partial charge in [-0.3, -0.25) is 4.68 Å². The predicted octanol–water partition coefficient (Wildman–Crippen LogP) is 6.23. The van der Waals surface area contributed by atoms with Crippen LogP contribution in [0, 0.1) is 24.6 Å². The predicted molar refractivity (Wildman–Crippen MR) is 127 cm³/mol. The number of halogens is 2. The van der Waals surface area contributed by atoms with Crippen molar-refractivity contribution >= 4 is 17.6 Å². The minimum absolute atomic E-state index is 0.0992. The molecule has 1 N–H and O–H groups in total. The summed E-state index contributed by atoms with van der Waals surface area (Å²) in [5.74, 6) is -0.504. The average molecular weight is 471 g/mol. The van der Waals surface area contributed by atoms with Crippen LogP contribution in [0.4, 0.5) is 4.39 Å². The Morgan fingerprint density at radius 3 is 2.52 bits per heavy atom. The zero-order valence-corrected chi connectivity index (χ0v) is 19.4. The average Bonchev–Trinajstić information content (AvgIpc) is 3.13. The Morgan fingerprint density at radius 2 is 1.82 bits per heavy atom. The maximum absolute atomic E-state index is 15.0. The molecule has 174 valence electrons. The monoisotopic (exact) mass is 470 g/mol. The number of hydrogen-bond acceptors (Lipinski definition) is 3. The van der Waals surface area contributed by atoms with Gasteiger partial charge >= 0.3 is 5.97 Å². The van der Waals surface area contributed by atoms with Crippen LogP contribution in [0.5, 0.6) is 0 Å². The molecule has 0 spiro atoms. The zero-order valence-electron chi connectivity index (χ0n) is 18.6. The summed E-state index contributed by atoms with van der Waals surface area (Å²) in [5, 5.41) is 13.8. The van der Waals surface area contributed by atoms with E-state index in [0.29, 0.717) is 24.0 Å². The fraction of sp³-hybridized carbons (Fsp3) is 0.385. The summed E-state index contributed by atoms with van der Waals surface area (Å²) in [4.78, 5) is 10.6. The lowest BCUT2D eigenvalue weighted by atomic mass is 9.82. The van der Waals surface area contributed by atoms with E-state index in [1.54, 1.807) is 18.2 Å². The van der Waals surface area contributed by atoms with Crippen LogP contribution < -0.4 is 0 Å². The first-order valence-corrected chi connectivity index (χ1v) is 11.7. The standard InChI is InChI=1S/C26H28ClFN2O3/c1-17-24(21-8-5-9-22(27)25(21)28)26(20-6-3-2-4-7-20)29-30(17)14-18-10-12-19(13-11-18)15-33-16-23(31)32/h2-9,18-19H,10-16H2,1H3,(H,31,32). The number of aromatic nitrogens is 2. The molecule has 1 aliphatic rings. The molecule has 1 fully saturated rings. The molecule has 0 unspecified atom stereocenters. The maximum Gasteiger partial charge on any atom is 0.329 e. The van der Waals surface area contributed by atoms with Crippen LogP contribution in [0.25, 0.3) is 22.4 Å². The highest BCUT2D eigenvalue weighted by Crippen LogP contribution is 2.38. The van der Waals surface area contributed by atoms with Crippen molar-refractivity contribution in [1.82, 2.24) is 9.78 Å². The molecular formula is C26H28ClFN2O3. The molecular weight excluding hydrogens is 443 g/mol. The molecule has 4 rings (SSSR count). The van der Waals surface area contributed by atoms with Crippen molar-refractivity contribution in [3.63, 3.8) is 0 Å². The Hall–Kier alpha value is -2.70. The highest BCUT2D eigenvalue weighted by Gasteiger charge is 2.26. The second kappa shape index (κ2) is 10.5. The van der Waals surface area contributed by atoms with Gasteiger partial charge in [-0.1, -0.05) is 54.1 Å². The van der Waals surface area contributed by atoms with Crippen LogP contribution >= 0.6 is 11.6 Å². The minimum atomic E-state index is -0.931. The molecule has 0 saturated heterocycles.